The molecule has 6 nitrogen and oxygen atoms in total. The number of aliphatic imine (C=N–C) groups is 1. The zero-order valence-corrected chi connectivity index (χ0v) is 16.3. The van der Waals surface area contributed by atoms with Crippen LogP contribution in [0.3, 0.4) is 0 Å². The molecular formula is C18H31N3O3S. The summed E-state index contributed by atoms with van der Waals surface area (Å²) in [7, 11) is -2.96. The smallest absolute Gasteiger partial charge is 0.191 e. The topological polar surface area (TPSA) is 79.8 Å². The predicted molar refractivity (Wildman–Crippen MR) is 104 cm³/mol. The Morgan fingerprint density at radius 1 is 1.20 bits per heavy atom. The first-order valence-corrected chi connectivity index (χ1v) is 10.7. The molecule has 1 aromatic rings. The third kappa shape index (κ3) is 9.45. The van der Waals surface area contributed by atoms with Crippen molar-refractivity contribution in [2.45, 2.75) is 33.3 Å². The minimum Gasteiger partial charge on any atom is -0.374 e. The van der Waals surface area contributed by atoms with Gasteiger partial charge in [0.15, 0.2) is 15.8 Å². The molecule has 142 valence electrons. The lowest BCUT2D eigenvalue weighted by molar-refractivity contribution is 0.0652. The molecule has 1 unspecified atom stereocenters. The van der Waals surface area contributed by atoms with Gasteiger partial charge in [-0.1, -0.05) is 37.3 Å². The molecule has 0 spiro atoms. The average Bonchev–Trinajstić information content (AvgIpc) is 2.61. The van der Waals surface area contributed by atoms with E-state index in [4.69, 9.17) is 4.74 Å². The molecule has 0 radical (unpaired) electrons. The van der Waals surface area contributed by atoms with Crippen LogP contribution in [0.2, 0.25) is 0 Å². The molecule has 25 heavy (non-hydrogen) atoms. The average molecular weight is 370 g/mol. The Labute approximate surface area is 152 Å². The maximum absolute atomic E-state index is 11.5. The van der Waals surface area contributed by atoms with Gasteiger partial charge in [0, 0.05) is 32.0 Å². The molecule has 0 aliphatic rings. The summed E-state index contributed by atoms with van der Waals surface area (Å²) >= 11 is 0. The highest BCUT2D eigenvalue weighted by molar-refractivity contribution is 7.91. The lowest BCUT2D eigenvalue weighted by Gasteiger charge is -2.13. The van der Waals surface area contributed by atoms with Crippen molar-refractivity contribution in [1.29, 1.82) is 0 Å². The summed E-state index contributed by atoms with van der Waals surface area (Å²) in [5, 5.41) is 6.17. The number of benzene rings is 1. The van der Waals surface area contributed by atoms with Crippen molar-refractivity contribution < 1.29 is 13.2 Å². The molecule has 1 rings (SSSR count). The van der Waals surface area contributed by atoms with Gasteiger partial charge in [0.1, 0.15) is 0 Å². The van der Waals surface area contributed by atoms with Crippen LogP contribution in [0.4, 0.5) is 0 Å². The van der Waals surface area contributed by atoms with Gasteiger partial charge < -0.3 is 15.4 Å². The van der Waals surface area contributed by atoms with Crippen LogP contribution in [0.1, 0.15) is 38.9 Å². The fourth-order valence-electron chi connectivity index (χ4n) is 2.15. The summed E-state index contributed by atoms with van der Waals surface area (Å²) in [5.41, 5.74) is 1.16. The summed E-state index contributed by atoms with van der Waals surface area (Å²) in [6, 6.07) is 10.1. The highest BCUT2D eigenvalue weighted by atomic mass is 32.2. The van der Waals surface area contributed by atoms with Crippen LogP contribution in [0.25, 0.3) is 0 Å². The van der Waals surface area contributed by atoms with Crippen LogP contribution in [-0.2, 0) is 14.6 Å². The van der Waals surface area contributed by atoms with Gasteiger partial charge in [0.25, 0.3) is 0 Å². The van der Waals surface area contributed by atoms with E-state index in [0.29, 0.717) is 25.7 Å². The molecule has 0 aromatic heterocycles. The van der Waals surface area contributed by atoms with E-state index < -0.39 is 9.84 Å². The van der Waals surface area contributed by atoms with Crippen molar-refractivity contribution in [2.24, 2.45) is 4.99 Å². The molecule has 0 fully saturated rings. The molecule has 0 heterocycles. The summed E-state index contributed by atoms with van der Waals surface area (Å²) in [6.45, 7) is 8.02. The third-order valence-electron chi connectivity index (χ3n) is 3.70. The van der Waals surface area contributed by atoms with Gasteiger partial charge in [0.05, 0.1) is 11.9 Å². The van der Waals surface area contributed by atoms with Crippen LogP contribution in [0.15, 0.2) is 35.3 Å². The molecule has 0 saturated carbocycles. The van der Waals surface area contributed by atoms with Crippen molar-refractivity contribution in [3.8, 4) is 0 Å². The second kappa shape index (κ2) is 11.9. The SMILES string of the molecule is CCNC(=NCCCOC(C)c1ccccc1)NCCS(=O)(=O)CC. The standard InChI is InChI=1S/C18H31N3O3S/c1-4-19-18(21-13-15-25(22,23)5-2)20-12-9-14-24-16(3)17-10-7-6-8-11-17/h6-8,10-11,16H,4-5,9,12-15H2,1-3H3,(H2,19,20,21). The molecule has 2 N–H and O–H groups in total. The van der Waals surface area contributed by atoms with Crippen LogP contribution in [0.5, 0.6) is 0 Å². The van der Waals surface area contributed by atoms with E-state index in [1.165, 1.54) is 0 Å². The van der Waals surface area contributed by atoms with E-state index in [2.05, 4.69) is 27.8 Å². The predicted octanol–water partition coefficient (Wildman–Crippen LogP) is 2.14. The Kier molecular flexibility index (Phi) is 10.2. The second-order valence-corrected chi connectivity index (χ2v) is 8.17. The van der Waals surface area contributed by atoms with Crippen LogP contribution >= 0.6 is 0 Å². The largest absolute Gasteiger partial charge is 0.374 e. The van der Waals surface area contributed by atoms with Crippen molar-refractivity contribution in [3.05, 3.63) is 35.9 Å². The fraction of sp³-hybridized carbons (Fsp3) is 0.611. The van der Waals surface area contributed by atoms with Crippen molar-refractivity contribution in [1.82, 2.24) is 10.6 Å². The quantitative estimate of drug-likeness (QED) is 0.355. The Morgan fingerprint density at radius 3 is 2.56 bits per heavy atom. The van der Waals surface area contributed by atoms with E-state index >= 15 is 0 Å². The zero-order valence-electron chi connectivity index (χ0n) is 15.5. The molecule has 0 amide bonds. The van der Waals surface area contributed by atoms with E-state index in [1.807, 2.05) is 32.0 Å². The molecule has 0 saturated heterocycles. The lowest BCUT2D eigenvalue weighted by atomic mass is 10.1. The number of sulfone groups is 1. The number of nitrogens with one attached hydrogen (secondary N) is 2. The third-order valence-corrected chi connectivity index (χ3v) is 5.40. The molecular weight excluding hydrogens is 338 g/mol. The van der Waals surface area contributed by atoms with Gasteiger partial charge in [0.2, 0.25) is 0 Å². The van der Waals surface area contributed by atoms with Gasteiger partial charge in [-0.05, 0) is 25.8 Å². The number of guanidine groups is 1. The van der Waals surface area contributed by atoms with E-state index in [0.717, 1.165) is 18.5 Å². The fourth-order valence-corrected chi connectivity index (χ4v) is 2.85. The van der Waals surface area contributed by atoms with Gasteiger partial charge in [-0.3, -0.25) is 4.99 Å². The van der Waals surface area contributed by atoms with Crippen molar-refractivity contribution in [2.75, 3.05) is 37.7 Å². The Morgan fingerprint density at radius 2 is 1.92 bits per heavy atom. The molecule has 0 aliphatic carbocycles. The monoisotopic (exact) mass is 369 g/mol. The summed E-state index contributed by atoms with van der Waals surface area (Å²) in [5.74, 6) is 0.926. The summed E-state index contributed by atoms with van der Waals surface area (Å²) in [4.78, 5) is 4.45. The van der Waals surface area contributed by atoms with Gasteiger partial charge >= 0.3 is 0 Å². The molecule has 1 aromatic carbocycles. The molecule has 0 bridgehead atoms. The first-order chi connectivity index (χ1) is 12.0. The number of nitrogens with zero attached hydrogens (tertiary/aromatic N) is 1. The van der Waals surface area contributed by atoms with E-state index in [9.17, 15) is 8.42 Å². The number of ether oxygens (including phenoxy) is 1. The molecule has 0 aliphatic heterocycles. The summed E-state index contributed by atoms with van der Waals surface area (Å²) < 4.78 is 28.8. The minimum atomic E-state index is -2.96. The first kappa shape index (κ1) is 21.4. The highest BCUT2D eigenvalue weighted by Gasteiger charge is 2.07. The lowest BCUT2D eigenvalue weighted by Crippen LogP contribution is -2.39. The first-order valence-electron chi connectivity index (χ1n) is 8.87. The highest BCUT2D eigenvalue weighted by Crippen LogP contribution is 2.15. The minimum absolute atomic E-state index is 0.0655. The Hall–Kier alpha value is -1.60. The number of rotatable bonds is 11. The second-order valence-electron chi connectivity index (χ2n) is 5.70. The maximum atomic E-state index is 11.5. The Balaban J connectivity index is 2.30. The number of hydrogen-bond donors (Lipinski definition) is 2. The van der Waals surface area contributed by atoms with Crippen LogP contribution in [-0.4, -0.2) is 52.1 Å². The van der Waals surface area contributed by atoms with E-state index in [-0.39, 0.29) is 17.6 Å². The van der Waals surface area contributed by atoms with Crippen molar-refractivity contribution in [3.63, 3.8) is 0 Å². The molecule has 1 atom stereocenters. The molecule has 7 heteroatoms. The van der Waals surface area contributed by atoms with Crippen LogP contribution in [0, 0.1) is 0 Å². The Bertz CT molecular complexity index is 603. The maximum Gasteiger partial charge on any atom is 0.191 e. The van der Waals surface area contributed by atoms with Gasteiger partial charge in [-0.15, -0.1) is 0 Å². The van der Waals surface area contributed by atoms with Gasteiger partial charge in [-0.2, -0.15) is 0 Å². The normalized spacial score (nSPS) is 13.5. The number of hydrogen-bond acceptors (Lipinski definition) is 4. The summed E-state index contributed by atoms with van der Waals surface area (Å²) in [6.07, 6.45) is 0.872. The van der Waals surface area contributed by atoms with Crippen molar-refractivity contribution >= 4 is 15.8 Å². The zero-order chi connectivity index (χ0) is 18.5. The van der Waals surface area contributed by atoms with Gasteiger partial charge in [-0.25, -0.2) is 8.42 Å². The van der Waals surface area contributed by atoms with Crippen LogP contribution < -0.4 is 10.6 Å². The van der Waals surface area contributed by atoms with E-state index in [1.54, 1.807) is 6.92 Å².